The van der Waals surface area contributed by atoms with Crippen LogP contribution < -0.4 is 5.32 Å². The summed E-state index contributed by atoms with van der Waals surface area (Å²) < 4.78 is 15.1. The third-order valence-electron chi connectivity index (χ3n) is 3.82. The maximum absolute atomic E-state index is 13.1. The van der Waals surface area contributed by atoms with Gasteiger partial charge >= 0.3 is 0 Å². The number of hydrogen-bond acceptors (Lipinski definition) is 3. The number of halogens is 2. The van der Waals surface area contributed by atoms with E-state index in [0.717, 1.165) is 11.3 Å². The van der Waals surface area contributed by atoms with Gasteiger partial charge in [0, 0.05) is 12.4 Å². The maximum Gasteiger partial charge on any atom is 0.237 e. The van der Waals surface area contributed by atoms with E-state index in [9.17, 15) is 9.18 Å². The Bertz CT molecular complexity index is 944. The Hall–Kier alpha value is -2.31. The van der Waals surface area contributed by atoms with E-state index < -0.39 is 11.1 Å². The highest BCUT2D eigenvalue weighted by molar-refractivity contribution is 8.00. The second-order valence-corrected chi connectivity index (χ2v) is 7.45. The molecule has 1 heterocycles. The van der Waals surface area contributed by atoms with Crippen molar-refractivity contribution in [1.82, 2.24) is 9.55 Å². The molecule has 0 spiro atoms. The topological polar surface area (TPSA) is 46.9 Å². The van der Waals surface area contributed by atoms with Crippen molar-refractivity contribution in [2.45, 2.75) is 24.3 Å². The van der Waals surface area contributed by atoms with Gasteiger partial charge in [-0.2, -0.15) is 0 Å². The highest BCUT2D eigenvalue weighted by atomic mass is 35.5. The number of carbonyl (C=O) groups is 1. The van der Waals surface area contributed by atoms with Gasteiger partial charge in [-0.25, -0.2) is 9.37 Å². The minimum absolute atomic E-state index is 0.164. The number of imidazole rings is 1. The first kappa shape index (κ1) is 18.5. The van der Waals surface area contributed by atoms with Crippen molar-refractivity contribution in [3.63, 3.8) is 0 Å². The molecular formula is C19H17ClFN3OS. The largest absolute Gasteiger partial charge is 0.324 e. The normalized spacial score (nSPS) is 12.0. The molecule has 2 aromatic carbocycles. The summed E-state index contributed by atoms with van der Waals surface area (Å²) >= 11 is 7.31. The summed E-state index contributed by atoms with van der Waals surface area (Å²) in [4.78, 5) is 16.8. The van der Waals surface area contributed by atoms with Crippen LogP contribution in [0, 0.1) is 12.7 Å². The number of thioether (sulfide) groups is 1. The quantitative estimate of drug-likeness (QED) is 0.618. The summed E-state index contributed by atoms with van der Waals surface area (Å²) in [5.41, 5.74) is 2.51. The van der Waals surface area contributed by atoms with Gasteiger partial charge in [-0.3, -0.25) is 9.36 Å². The molecule has 1 aromatic heterocycles. The molecule has 134 valence electrons. The van der Waals surface area contributed by atoms with Crippen LogP contribution >= 0.6 is 23.4 Å². The van der Waals surface area contributed by atoms with Crippen LogP contribution in [0.2, 0.25) is 5.02 Å². The van der Waals surface area contributed by atoms with E-state index in [0.29, 0.717) is 10.8 Å². The zero-order valence-corrected chi connectivity index (χ0v) is 15.8. The van der Waals surface area contributed by atoms with Gasteiger partial charge in [-0.05, 0) is 43.7 Å². The van der Waals surface area contributed by atoms with Crippen molar-refractivity contribution in [3.05, 3.63) is 71.3 Å². The third kappa shape index (κ3) is 4.08. The first-order valence-corrected chi connectivity index (χ1v) is 9.23. The van der Waals surface area contributed by atoms with Gasteiger partial charge in [0.2, 0.25) is 5.91 Å². The predicted molar refractivity (Wildman–Crippen MR) is 104 cm³/mol. The van der Waals surface area contributed by atoms with Crippen LogP contribution in [0.5, 0.6) is 0 Å². The molecular weight excluding hydrogens is 373 g/mol. The summed E-state index contributed by atoms with van der Waals surface area (Å²) in [6, 6.07) is 11.8. The van der Waals surface area contributed by atoms with E-state index in [1.807, 2.05) is 42.0 Å². The van der Waals surface area contributed by atoms with Crippen LogP contribution in [0.1, 0.15) is 12.5 Å². The summed E-state index contributed by atoms with van der Waals surface area (Å²) in [6.07, 6.45) is 3.57. The lowest BCUT2D eigenvalue weighted by molar-refractivity contribution is -0.115. The molecule has 3 aromatic rings. The Kier molecular flexibility index (Phi) is 5.64. The molecule has 3 rings (SSSR count). The molecule has 0 fully saturated rings. The fraction of sp³-hybridized carbons (Fsp3) is 0.158. The van der Waals surface area contributed by atoms with Crippen molar-refractivity contribution in [2.24, 2.45) is 0 Å². The maximum atomic E-state index is 13.1. The summed E-state index contributed by atoms with van der Waals surface area (Å²) in [6.45, 7) is 3.81. The number of anilines is 1. The van der Waals surface area contributed by atoms with E-state index in [1.165, 1.54) is 30.0 Å². The van der Waals surface area contributed by atoms with E-state index in [2.05, 4.69) is 10.3 Å². The Morgan fingerprint density at radius 2 is 2.08 bits per heavy atom. The Labute approximate surface area is 160 Å². The smallest absolute Gasteiger partial charge is 0.237 e. The molecule has 4 nitrogen and oxygen atoms in total. The second-order valence-electron chi connectivity index (χ2n) is 5.74. The lowest BCUT2D eigenvalue weighted by Crippen LogP contribution is -2.23. The van der Waals surface area contributed by atoms with Gasteiger partial charge < -0.3 is 5.32 Å². The van der Waals surface area contributed by atoms with Crippen LogP contribution in [0.3, 0.4) is 0 Å². The van der Waals surface area contributed by atoms with E-state index in [1.54, 1.807) is 13.1 Å². The van der Waals surface area contributed by atoms with Crippen molar-refractivity contribution in [2.75, 3.05) is 5.32 Å². The van der Waals surface area contributed by atoms with Crippen LogP contribution in [-0.4, -0.2) is 20.7 Å². The number of para-hydroxylation sites is 1. The zero-order chi connectivity index (χ0) is 18.7. The van der Waals surface area contributed by atoms with Gasteiger partial charge in [-0.1, -0.05) is 41.6 Å². The van der Waals surface area contributed by atoms with E-state index in [4.69, 9.17) is 11.6 Å². The molecule has 0 aliphatic rings. The van der Waals surface area contributed by atoms with Gasteiger partial charge in [0.25, 0.3) is 0 Å². The van der Waals surface area contributed by atoms with Gasteiger partial charge in [-0.15, -0.1) is 0 Å². The fourth-order valence-corrected chi connectivity index (χ4v) is 3.52. The minimum Gasteiger partial charge on any atom is -0.324 e. The molecule has 0 aliphatic carbocycles. The third-order valence-corrected chi connectivity index (χ3v) is 5.22. The SMILES string of the molecule is Cc1ccccc1-n1ccnc1SC(C)C(=O)Nc1ccc(F)cc1Cl. The number of benzene rings is 2. The minimum atomic E-state index is -0.448. The first-order valence-electron chi connectivity index (χ1n) is 7.97. The number of rotatable bonds is 5. The molecule has 0 radical (unpaired) electrons. The van der Waals surface area contributed by atoms with Crippen LogP contribution in [0.25, 0.3) is 5.69 Å². The van der Waals surface area contributed by atoms with Gasteiger partial charge in [0.1, 0.15) is 5.82 Å². The number of aromatic nitrogens is 2. The number of aryl methyl sites for hydroxylation is 1. The molecule has 0 saturated carbocycles. The average molecular weight is 390 g/mol. The number of nitrogens with one attached hydrogen (secondary N) is 1. The molecule has 0 bridgehead atoms. The van der Waals surface area contributed by atoms with Crippen LogP contribution in [0.15, 0.2) is 60.0 Å². The molecule has 0 saturated heterocycles. The standard InChI is InChI=1S/C19H17ClFN3OS/c1-12-5-3-4-6-17(12)24-10-9-22-19(24)26-13(2)18(25)23-16-8-7-14(21)11-15(16)20/h3-11,13H,1-2H3,(H,23,25). The summed E-state index contributed by atoms with van der Waals surface area (Å²) in [7, 11) is 0. The highest BCUT2D eigenvalue weighted by Gasteiger charge is 2.19. The Morgan fingerprint density at radius 1 is 1.31 bits per heavy atom. The number of carbonyl (C=O) groups excluding carboxylic acids is 1. The summed E-state index contributed by atoms with van der Waals surface area (Å²) in [5, 5.41) is 3.19. The van der Waals surface area contributed by atoms with Gasteiger partial charge in [0.15, 0.2) is 5.16 Å². The lowest BCUT2D eigenvalue weighted by Gasteiger charge is -2.14. The first-order chi connectivity index (χ1) is 12.5. The van der Waals surface area contributed by atoms with Crippen LogP contribution in [-0.2, 0) is 4.79 Å². The second kappa shape index (κ2) is 7.93. The lowest BCUT2D eigenvalue weighted by atomic mass is 10.2. The molecule has 1 N–H and O–H groups in total. The number of amides is 1. The molecule has 7 heteroatoms. The van der Waals surface area contributed by atoms with Gasteiger partial charge in [0.05, 0.1) is 21.6 Å². The molecule has 1 unspecified atom stereocenters. The van der Waals surface area contributed by atoms with Crippen molar-refractivity contribution in [3.8, 4) is 5.69 Å². The fourth-order valence-electron chi connectivity index (χ4n) is 2.43. The molecule has 1 amide bonds. The number of hydrogen-bond donors (Lipinski definition) is 1. The average Bonchev–Trinajstić information content (AvgIpc) is 3.05. The highest BCUT2D eigenvalue weighted by Crippen LogP contribution is 2.28. The van der Waals surface area contributed by atoms with Crippen LogP contribution in [0.4, 0.5) is 10.1 Å². The van der Waals surface area contributed by atoms with Crippen molar-refractivity contribution >= 4 is 35.0 Å². The predicted octanol–water partition coefficient (Wildman–Crippen LogP) is 5.09. The van der Waals surface area contributed by atoms with Crippen molar-refractivity contribution in [1.29, 1.82) is 0 Å². The van der Waals surface area contributed by atoms with E-state index >= 15 is 0 Å². The molecule has 0 aliphatic heterocycles. The van der Waals surface area contributed by atoms with Crippen molar-refractivity contribution < 1.29 is 9.18 Å². The Balaban J connectivity index is 1.74. The van der Waals surface area contributed by atoms with E-state index in [-0.39, 0.29) is 10.9 Å². The monoisotopic (exact) mass is 389 g/mol. The summed E-state index contributed by atoms with van der Waals surface area (Å²) in [5.74, 6) is -0.682. The molecule has 26 heavy (non-hydrogen) atoms. The number of nitrogens with zero attached hydrogens (tertiary/aromatic N) is 2. The zero-order valence-electron chi connectivity index (χ0n) is 14.2. The Morgan fingerprint density at radius 3 is 2.81 bits per heavy atom. The molecule has 1 atom stereocenters.